The fourth-order valence-corrected chi connectivity index (χ4v) is 4.42. The van der Waals surface area contributed by atoms with E-state index < -0.39 is 0 Å². The van der Waals surface area contributed by atoms with Gasteiger partial charge >= 0.3 is 0 Å². The van der Waals surface area contributed by atoms with Crippen LogP contribution in [0, 0.1) is 11.8 Å². The van der Waals surface area contributed by atoms with Crippen LogP contribution in [0.25, 0.3) is 11.3 Å². The zero-order valence-corrected chi connectivity index (χ0v) is 16.0. The highest BCUT2D eigenvalue weighted by molar-refractivity contribution is 5.78. The number of rotatable bonds is 4. The van der Waals surface area contributed by atoms with Gasteiger partial charge in [0.25, 0.3) is 0 Å². The van der Waals surface area contributed by atoms with Gasteiger partial charge in [-0.2, -0.15) is 0 Å². The van der Waals surface area contributed by atoms with E-state index in [2.05, 4.69) is 20.2 Å². The number of carbonyl (C=O) groups excluding carboxylic acids is 1. The largest absolute Gasteiger partial charge is 0.342 e. The summed E-state index contributed by atoms with van der Waals surface area (Å²) in [6, 6.07) is 3.91. The fraction of sp³-hybridized carbons (Fsp3) is 0.619. The summed E-state index contributed by atoms with van der Waals surface area (Å²) in [4.78, 5) is 19.1. The van der Waals surface area contributed by atoms with Gasteiger partial charge in [-0.05, 0) is 43.7 Å². The van der Waals surface area contributed by atoms with Crippen LogP contribution in [0.3, 0.4) is 0 Å². The lowest BCUT2D eigenvalue weighted by atomic mass is 9.93. The van der Waals surface area contributed by atoms with Crippen LogP contribution in [0.5, 0.6) is 0 Å². The van der Waals surface area contributed by atoms with Crippen molar-refractivity contribution in [1.29, 1.82) is 0 Å². The summed E-state index contributed by atoms with van der Waals surface area (Å²) in [6.45, 7) is 2.66. The number of nitrogens with zero attached hydrogens (tertiary/aromatic N) is 5. The number of amides is 1. The van der Waals surface area contributed by atoms with Crippen molar-refractivity contribution in [3.05, 3.63) is 30.7 Å². The van der Waals surface area contributed by atoms with Crippen molar-refractivity contribution < 1.29 is 4.79 Å². The molecule has 0 N–H and O–H groups in total. The van der Waals surface area contributed by atoms with Crippen LogP contribution in [0.4, 0.5) is 0 Å². The predicted molar refractivity (Wildman–Crippen MR) is 104 cm³/mol. The maximum absolute atomic E-state index is 12.8. The molecule has 0 unspecified atom stereocenters. The Labute approximate surface area is 161 Å². The summed E-state index contributed by atoms with van der Waals surface area (Å²) in [6.07, 6.45) is 14.9. The third kappa shape index (κ3) is 4.54. The molecule has 6 nitrogen and oxygen atoms in total. The zero-order valence-electron chi connectivity index (χ0n) is 16.0. The molecule has 3 heterocycles. The second-order valence-electron chi connectivity index (χ2n) is 8.02. The highest BCUT2D eigenvalue weighted by Gasteiger charge is 2.28. The van der Waals surface area contributed by atoms with Crippen LogP contribution in [0.2, 0.25) is 0 Å². The van der Waals surface area contributed by atoms with Crippen LogP contribution in [-0.4, -0.2) is 43.9 Å². The van der Waals surface area contributed by atoms with Gasteiger partial charge in [-0.25, -0.2) is 0 Å². The number of hydrogen-bond donors (Lipinski definition) is 0. The first-order valence-electron chi connectivity index (χ1n) is 10.4. The van der Waals surface area contributed by atoms with Crippen molar-refractivity contribution >= 4 is 5.91 Å². The minimum absolute atomic E-state index is 0.279. The molecule has 1 saturated carbocycles. The van der Waals surface area contributed by atoms with E-state index in [0.29, 0.717) is 11.8 Å². The SMILES string of the molecule is O=C(C1CCCCCC1)N1CCC(Cn2cc(-c3cccnc3)nn2)CC1. The van der Waals surface area contributed by atoms with Crippen LogP contribution in [0.15, 0.2) is 30.7 Å². The molecule has 6 heteroatoms. The van der Waals surface area contributed by atoms with Gasteiger partial charge in [0.05, 0.1) is 6.20 Å². The molecule has 1 amide bonds. The van der Waals surface area contributed by atoms with Crippen molar-refractivity contribution in [3.63, 3.8) is 0 Å². The first-order valence-corrected chi connectivity index (χ1v) is 10.4. The van der Waals surface area contributed by atoms with Gasteiger partial charge < -0.3 is 4.90 Å². The number of hydrogen-bond acceptors (Lipinski definition) is 4. The number of pyridine rings is 1. The second kappa shape index (κ2) is 8.63. The van der Waals surface area contributed by atoms with Crippen molar-refractivity contribution in [3.8, 4) is 11.3 Å². The van der Waals surface area contributed by atoms with E-state index in [-0.39, 0.29) is 5.92 Å². The van der Waals surface area contributed by atoms with Gasteiger partial charge in [0.15, 0.2) is 0 Å². The minimum atomic E-state index is 0.279. The summed E-state index contributed by atoms with van der Waals surface area (Å²) in [5, 5.41) is 8.56. The smallest absolute Gasteiger partial charge is 0.225 e. The summed E-state index contributed by atoms with van der Waals surface area (Å²) >= 11 is 0. The molecule has 2 aromatic rings. The molecule has 0 radical (unpaired) electrons. The molecule has 27 heavy (non-hydrogen) atoms. The van der Waals surface area contributed by atoms with Crippen LogP contribution < -0.4 is 0 Å². The normalized spacial score (nSPS) is 19.8. The molecule has 1 saturated heterocycles. The van der Waals surface area contributed by atoms with Gasteiger partial charge in [0, 0.05) is 43.5 Å². The van der Waals surface area contributed by atoms with E-state index in [1.807, 2.05) is 29.2 Å². The van der Waals surface area contributed by atoms with E-state index in [9.17, 15) is 4.79 Å². The Balaban J connectivity index is 1.28. The lowest BCUT2D eigenvalue weighted by Crippen LogP contribution is -2.42. The Kier molecular flexibility index (Phi) is 5.80. The molecule has 2 fully saturated rings. The third-order valence-electron chi connectivity index (χ3n) is 6.07. The molecule has 0 bridgehead atoms. The average Bonchev–Trinajstić information content (AvgIpc) is 3.01. The average molecular weight is 367 g/mol. The standard InChI is InChI=1S/C21H29N5O/c27-21(18-6-3-1-2-4-7-18)25-12-9-17(10-13-25)15-26-16-20(23-24-26)19-8-5-11-22-14-19/h5,8,11,14,16-18H,1-4,6-7,9-10,12-13,15H2. The molecule has 0 atom stereocenters. The first-order chi connectivity index (χ1) is 13.3. The maximum atomic E-state index is 12.8. The Morgan fingerprint density at radius 2 is 1.85 bits per heavy atom. The molecular weight excluding hydrogens is 338 g/mol. The Morgan fingerprint density at radius 1 is 1.07 bits per heavy atom. The molecule has 1 aliphatic heterocycles. The van der Waals surface area contributed by atoms with Gasteiger partial charge in [-0.1, -0.05) is 30.9 Å². The summed E-state index contributed by atoms with van der Waals surface area (Å²) in [5.41, 5.74) is 1.86. The predicted octanol–water partition coefficient (Wildman–Crippen LogP) is 3.55. The molecule has 4 rings (SSSR count). The topological polar surface area (TPSA) is 63.9 Å². The van der Waals surface area contributed by atoms with E-state index in [1.54, 1.807) is 6.20 Å². The second-order valence-corrected chi connectivity index (χ2v) is 8.02. The van der Waals surface area contributed by atoms with E-state index >= 15 is 0 Å². The summed E-state index contributed by atoms with van der Waals surface area (Å²) in [7, 11) is 0. The molecule has 2 aliphatic rings. The van der Waals surface area contributed by atoms with Crippen LogP contribution in [0.1, 0.15) is 51.4 Å². The quantitative estimate of drug-likeness (QED) is 0.775. The molecule has 144 valence electrons. The molecular formula is C21H29N5O. The molecule has 1 aliphatic carbocycles. The number of aromatic nitrogens is 4. The lowest BCUT2D eigenvalue weighted by molar-refractivity contribution is -0.137. The highest BCUT2D eigenvalue weighted by Crippen LogP contribution is 2.27. The van der Waals surface area contributed by atoms with E-state index in [4.69, 9.17) is 0 Å². The van der Waals surface area contributed by atoms with E-state index in [0.717, 1.165) is 56.6 Å². The summed E-state index contributed by atoms with van der Waals surface area (Å²) < 4.78 is 1.94. The van der Waals surface area contributed by atoms with Gasteiger partial charge in [-0.15, -0.1) is 5.10 Å². The maximum Gasteiger partial charge on any atom is 0.225 e. The third-order valence-corrected chi connectivity index (χ3v) is 6.07. The number of likely N-dealkylation sites (tertiary alicyclic amines) is 1. The van der Waals surface area contributed by atoms with Crippen LogP contribution >= 0.6 is 0 Å². The number of piperidine rings is 1. The molecule has 0 aromatic carbocycles. The van der Waals surface area contributed by atoms with Crippen molar-refractivity contribution in [2.45, 2.75) is 57.9 Å². The number of carbonyl (C=O) groups is 1. The Hall–Kier alpha value is -2.24. The van der Waals surface area contributed by atoms with Gasteiger partial charge in [0.2, 0.25) is 5.91 Å². The monoisotopic (exact) mass is 367 g/mol. The Morgan fingerprint density at radius 3 is 2.56 bits per heavy atom. The Bertz CT molecular complexity index is 728. The zero-order chi connectivity index (χ0) is 18.5. The summed E-state index contributed by atoms with van der Waals surface area (Å²) in [5.74, 6) is 1.25. The fourth-order valence-electron chi connectivity index (χ4n) is 4.42. The molecule has 2 aromatic heterocycles. The van der Waals surface area contributed by atoms with Gasteiger partial charge in [-0.3, -0.25) is 14.5 Å². The van der Waals surface area contributed by atoms with Crippen molar-refractivity contribution in [2.75, 3.05) is 13.1 Å². The first kappa shape index (κ1) is 18.1. The van der Waals surface area contributed by atoms with Gasteiger partial charge in [0.1, 0.15) is 5.69 Å². The molecule has 0 spiro atoms. The van der Waals surface area contributed by atoms with Crippen LogP contribution in [-0.2, 0) is 11.3 Å². The van der Waals surface area contributed by atoms with Crippen molar-refractivity contribution in [1.82, 2.24) is 24.9 Å². The van der Waals surface area contributed by atoms with E-state index in [1.165, 1.54) is 25.7 Å². The minimum Gasteiger partial charge on any atom is -0.342 e. The van der Waals surface area contributed by atoms with Crippen molar-refractivity contribution in [2.24, 2.45) is 11.8 Å². The lowest BCUT2D eigenvalue weighted by Gasteiger charge is -2.34. The highest BCUT2D eigenvalue weighted by atomic mass is 16.2.